The van der Waals surface area contributed by atoms with Gasteiger partial charge in [0, 0.05) is 11.8 Å². The number of aromatic nitrogens is 3. The molecule has 0 radical (unpaired) electrons. The van der Waals surface area contributed by atoms with Crippen LogP contribution in [0.5, 0.6) is 0 Å². The van der Waals surface area contributed by atoms with E-state index >= 15 is 0 Å². The highest BCUT2D eigenvalue weighted by Gasteiger charge is 2.14. The van der Waals surface area contributed by atoms with Crippen LogP contribution in [0.4, 0.5) is 0 Å². The number of rotatable bonds is 4. The zero-order valence-corrected chi connectivity index (χ0v) is 15.0. The Morgan fingerprint density at radius 3 is 2.54 bits per heavy atom. The summed E-state index contributed by atoms with van der Waals surface area (Å²) >= 11 is 0. The Hall–Kier alpha value is -2.34. The highest BCUT2D eigenvalue weighted by Crippen LogP contribution is 2.20. The number of ketones is 1. The van der Waals surface area contributed by atoms with E-state index in [0.717, 1.165) is 27.9 Å². The lowest BCUT2D eigenvalue weighted by molar-refractivity contribution is 0.101. The molecule has 5 nitrogen and oxygen atoms in total. The number of Topliss-reactive ketones (excluding diaryl/α,β-unsaturated/α-hetero) is 1. The molecule has 2 heterocycles. The number of nitrogens with one attached hydrogen (secondary N) is 1. The lowest BCUT2D eigenvalue weighted by Crippen LogP contribution is -2.01. The summed E-state index contributed by atoms with van der Waals surface area (Å²) in [5.41, 5.74) is 5.98. The summed E-state index contributed by atoms with van der Waals surface area (Å²) in [5, 5.41) is 0.408. The normalized spacial score (nSPS) is 12.5. The fraction of sp³-hybridized carbons (Fsp3) is 0.278. The number of aryl methyl sites for hydroxylation is 3. The summed E-state index contributed by atoms with van der Waals surface area (Å²) in [6.07, 6.45) is 1.79. The quantitative estimate of drug-likeness (QED) is 0.738. The van der Waals surface area contributed by atoms with Gasteiger partial charge in [0.25, 0.3) is 0 Å². The van der Waals surface area contributed by atoms with Gasteiger partial charge in [-0.25, -0.2) is 4.98 Å². The predicted octanol–water partition coefficient (Wildman–Crippen LogP) is 3.39. The Kier molecular flexibility index (Phi) is 4.32. The van der Waals surface area contributed by atoms with E-state index in [4.69, 9.17) is 0 Å². The lowest BCUT2D eigenvalue weighted by atomic mass is 10.0. The maximum atomic E-state index is 12.6. The molecule has 1 N–H and O–H groups in total. The first-order valence-electron chi connectivity index (χ1n) is 7.67. The van der Waals surface area contributed by atoms with E-state index < -0.39 is 10.8 Å². The third kappa shape index (κ3) is 3.14. The number of carbonyl (C=O) groups is 1. The molecule has 2 aromatic heterocycles. The second kappa shape index (κ2) is 6.28. The highest BCUT2D eigenvalue weighted by molar-refractivity contribution is 7.84. The number of benzene rings is 1. The topological polar surface area (TPSA) is 75.7 Å². The van der Waals surface area contributed by atoms with Crippen LogP contribution in [0.2, 0.25) is 0 Å². The van der Waals surface area contributed by atoms with Crippen LogP contribution in [0.15, 0.2) is 29.6 Å². The van der Waals surface area contributed by atoms with E-state index in [2.05, 4.69) is 15.0 Å². The van der Waals surface area contributed by atoms with E-state index in [0.29, 0.717) is 22.0 Å². The zero-order valence-electron chi connectivity index (χ0n) is 14.1. The first kappa shape index (κ1) is 16.5. The molecule has 1 aromatic carbocycles. The van der Waals surface area contributed by atoms with E-state index in [1.54, 1.807) is 12.3 Å². The number of imidazole rings is 1. The predicted molar refractivity (Wildman–Crippen MR) is 94.7 cm³/mol. The maximum Gasteiger partial charge on any atom is 0.197 e. The van der Waals surface area contributed by atoms with Crippen molar-refractivity contribution < 1.29 is 9.00 Å². The summed E-state index contributed by atoms with van der Waals surface area (Å²) in [6, 6.07) is 5.57. The fourth-order valence-corrected chi connectivity index (χ4v) is 3.58. The minimum Gasteiger partial charge on any atom is -0.331 e. The van der Waals surface area contributed by atoms with Gasteiger partial charge in [0.1, 0.15) is 0 Å². The van der Waals surface area contributed by atoms with E-state index in [9.17, 15) is 9.00 Å². The molecule has 0 aliphatic rings. The Bertz CT molecular complexity index is 976. The largest absolute Gasteiger partial charge is 0.331 e. The van der Waals surface area contributed by atoms with Gasteiger partial charge in [-0.3, -0.25) is 14.0 Å². The summed E-state index contributed by atoms with van der Waals surface area (Å²) < 4.78 is 12.6. The third-order valence-electron chi connectivity index (χ3n) is 4.11. The number of aromatic amines is 1. The van der Waals surface area contributed by atoms with Gasteiger partial charge in [0.2, 0.25) is 0 Å². The van der Waals surface area contributed by atoms with Crippen LogP contribution in [0.25, 0.3) is 11.0 Å². The van der Waals surface area contributed by atoms with Crippen LogP contribution in [0, 0.1) is 20.8 Å². The molecule has 24 heavy (non-hydrogen) atoms. The van der Waals surface area contributed by atoms with Crippen LogP contribution in [0.3, 0.4) is 0 Å². The molecule has 0 bridgehead atoms. The van der Waals surface area contributed by atoms with E-state index in [-0.39, 0.29) is 5.78 Å². The average Bonchev–Trinajstić information content (AvgIpc) is 2.92. The van der Waals surface area contributed by atoms with Crippen molar-refractivity contribution in [1.82, 2.24) is 15.0 Å². The highest BCUT2D eigenvalue weighted by atomic mass is 32.2. The smallest absolute Gasteiger partial charge is 0.197 e. The summed E-state index contributed by atoms with van der Waals surface area (Å²) in [7, 11) is -1.32. The minimum absolute atomic E-state index is 0.000553. The van der Waals surface area contributed by atoms with Crippen molar-refractivity contribution in [1.29, 1.82) is 0 Å². The molecule has 124 valence electrons. The number of pyridine rings is 1. The van der Waals surface area contributed by atoms with E-state index in [1.165, 1.54) is 6.92 Å². The van der Waals surface area contributed by atoms with Gasteiger partial charge >= 0.3 is 0 Å². The van der Waals surface area contributed by atoms with Crippen LogP contribution in [-0.4, -0.2) is 24.9 Å². The second-order valence-corrected chi connectivity index (χ2v) is 7.40. The molecule has 1 unspecified atom stereocenters. The standard InChI is InChI=1S/C18H19N3O2S/c1-10-5-14(19-8-12(10)3)9-24(23)18-20-16-6-11(2)15(13(4)22)7-17(16)21-18/h5-8H,9H2,1-4H3,(H,20,21). The number of hydrogen-bond donors (Lipinski definition) is 1. The molecule has 0 aliphatic heterocycles. The molecule has 3 rings (SSSR count). The van der Waals surface area contributed by atoms with Gasteiger partial charge in [-0.1, -0.05) is 0 Å². The van der Waals surface area contributed by atoms with Crippen LogP contribution < -0.4 is 0 Å². The van der Waals surface area contributed by atoms with Gasteiger partial charge in [0.05, 0.1) is 33.3 Å². The van der Waals surface area contributed by atoms with Crippen molar-refractivity contribution in [2.45, 2.75) is 38.6 Å². The van der Waals surface area contributed by atoms with Gasteiger partial charge < -0.3 is 4.98 Å². The first-order valence-corrected chi connectivity index (χ1v) is 8.99. The number of nitrogens with zero attached hydrogens (tertiary/aromatic N) is 2. The molecule has 0 spiro atoms. The number of H-pyrrole nitrogens is 1. The van der Waals surface area contributed by atoms with Gasteiger partial charge in [0.15, 0.2) is 10.9 Å². The molecular formula is C18H19N3O2S. The van der Waals surface area contributed by atoms with Crippen molar-refractivity contribution >= 4 is 27.6 Å². The lowest BCUT2D eigenvalue weighted by Gasteiger charge is -2.03. The van der Waals surface area contributed by atoms with Crippen LogP contribution in [0.1, 0.15) is 39.7 Å². The molecule has 0 aliphatic carbocycles. The molecule has 0 fully saturated rings. The summed E-state index contributed by atoms with van der Waals surface area (Å²) in [5.74, 6) is 0.304. The average molecular weight is 341 g/mol. The zero-order chi connectivity index (χ0) is 17.4. The molecule has 3 aromatic rings. The molecule has 0 saturated heterocycles. The number of hydrogen-bond acceptors (Lipinski definition) is 4. The Labute approximate surface area is 143 Å². The monoisotopic (exact) mass is 341 g/mol. The van der Waals surface area contributed by atoms with Crippen molar-refractivity contribution in [2.75, 3.05) is 0 Å². The van der Waals surface area contributed by atoms with Crippen molar-refractivity contribution in [3.05, 3.63) is 52.3 Å². The molecule has 1 atom stereocenters. The van der Waals surface area contributed by atoms with Gasteiger partial charge in [-0.05, 0) is 62.6 Å². The minimum atomic E-state index is -1.32. The SMILES string of the molecule is CC(=O)c1cc2nc(S(=O)Cc3cc(C)c(C)cn3)[nH]c2cc1C. The van der Waals surface area contributed by atoms with E-state index in [1.807, 2.05) is 32.9 Å². The Morgan fingerprint density at radius 2 is 1.88 bits per heavy atom. The molecule has 0 amide bonds. The van der Waals surface area contributed by atoms with Crippen molar-refractivity contribution in [3.63, 3.8) is 0 Å². The summed E-state index contributed by atoms with van der Waals surface area (Å²) in [6.45, 7) is 7.42. The third-order valence-corrected chi connectivity index (χ3v) is 5.29. The Morgan fingerprint density at radius 1 is 1.12 bits per heavy atom. The molecule has 6 heteroatoms. The number of carbonyl (C=O) groups excluding carboxylic acids is 1. The second-order valence-electron chi connectivity index (χ2n) is 6.03. The fourth-order valence-electron chi connectivity index (χ4n) is 2.59. The van der Waals surface area contributed by atoms with Gasteiger partial charge in [-0.15, -0.1) is 0 Å². The number of fused-ring (bicyclic) bond motifs is 1. The first-order chi connectivity index (χ1) is 11.3. The van der Waals surface area contributed by atoms with Crippen molar-refractivity contribution in [3.8, 4) is 0 Å². The van der Waals surface area contributed by atoms with Gasteiger partial charge in [-0.2, -0.15) is 0 Å². The van der Waals surface area contributed by atoms with Crippen LogP contribution >= 0.6 is 0 Å². The summed E-state index contributed by atoms with van der Waals surface area (Å²) in [4.78, 5) is 23.5. The van der Waals surface area contributed by atoms with Crippen LogP contribution in [-0.2, 0) is 16.6 Å². The molecular weight excluding hydrogens is 322 g/mol. The van der Waals surface area contributed by atoms with Crippen molar-refractivity contribution in [2.24, 2.45) is 0 Å². The Balaban J connectivity index is 1.92. The molecule has 0 saturated carbocycles. The maximum absolute atomic E-state index is 12.6.